The number of hydrogen-bond donors (Lipinski definition) is 2. The first-order chi connectivity index (χ1) is 16.0. The van der Waals surface area contributed by atoms with Crippen LogP contribution in [-0.2, 0) is 25.8 Å². The molecule has 2 aromatic carbocycles. The number of thioether (sulfide) groups is 1. The van der Waals surface area contributed by atoms with Crippen LogP contribution in [0.5, 0.6) is 5.75 Å². The van der Waals surface area contributed by atoms with Gasteiger partial charge < -0.3 is 20.4 Å². The van der Waals surface area contributed by atoms with Crippen molar-refractivity contribution in [2.24, 2.45) is 7.05 Å². The third kappa shape index (κ3) is 5.71. The molecule has 0 atom stereocenters. The summed E-state index contributed by atoms with van der Waals surface area (Å²) < 4.78 is 7.63. The third-order valence-corrected chi connectivity index (χ3v) is 6.12. The lowest BCUT2D eigenvalue weighted by atomic mass is 10.1. The van der Waals surface area contributed by atoms with E-state index < -0.39 is 0 Å². The van der Waals surface area contributed by atoms with Crippen molar-refractivity contribution in [1.82, 2.24) is 29.7 Å². The number of para-hydroxylation sites is 2. The number of ether oxygens (including phenoxy) is 1. The first-order valence-electron chi connectivity index (χ1n) is 10.3. The second-order valence-electron chi connectivity index (χ2n) is 7.03. The molecule has 3 N–H and O–H groups in total. The number of nitrogens with zero attached hydrogens (tertiary/aromatic N) is 6. The molecule has 0 amide bonds. The zero-order valence-electron chi connectivity index (χ0n) is 18.2. The van der Waals surface area contributed by atoms with Gasteiger partial charge in [0.1, 0.15) is 18.2 Å². The zero-order chi connectivity index (χ0) is 23.2. The highest BCUT2D eigenvalue weighted by atomic mass is 35.5. The quantitative estimate of drug-likeness (QED) is 0.334. The minimum absolute atomic E-state index is 0.156. The van der Waals surface area contributed by atoms with Gasteiger partial charge in [-0.1, -0.05) is 60.6 Å². The smallest absolute Gasteiger partial charge is 0.232 e. The molecule has 2 heterocycles. The van der Waals surface area contributed by atoms with Gasteiger partial charge in [-0.25, -0.2) is 0 Å². The number of halogens is 1. The van der Waals surface area contributed by atoms with E-state index in [9.17, 15) is 0 Å². The number of hydrogen-bond acceptors (Lipinski definition) is 9. The van der Waals surface area contributed by atoms with E-state index in [1.165, 1.54) is 11.8 Å². The second-order valence-corrected chi connectivity index (χ2v) is 8.38. The predicted molar refractivity (Wildman–Crippen MR) is 130 cm³/mol. The maximum absolute atomic E-state index is 6.14. The molecule has 11 heteroatoms. The summed E-state index contributed by atoms with van der Waals surface area (Å²) in [6.07, 6.45) is 0.890. The van der Waals surface area contributed by atoms with Crippen molar-refractivity contribution in [2.45, 2.75) is 30.9 Å². The van der Waals surface area contributed by atoms with Crippen LogP contribution in [0.25, 0.3) is 0 Å². The molecule has 4 rings (SSSR count). The monoisotopic (exact) mass is 482 g/mol. The fourth-order valence-electron chi connectivity index (χ4n) is 3.06. The summed E-state index contributed by atoms with van der Waals surface area (Å²) >= 11 is 7.59. The fourth-order valence-corrected chi connectivity index (χ4v) is 4.03. The Hall–Kier alpha value is -3.37. The van der Waals surface area contributed by atoms with Crippen LogP contribution in [0.1, 0.15) is 24.1 Å². The number of aromatic nitrogens is 6. The van der Waals surface area contributed by atoms with Gasteiger partial charge in [-0.3, -0.25) is 0 Å². The lowest BCUT2D eigenvalue weighted by molar-refractivity contribution is 0.290. The Kier molecular flexibility index (Phi) is 7.26. The maximum Gasteiger partial charge on any atom is 0.232 e. The molecule has 33 heavy (non-hydrogen) atoms. The van der Waals surface area contributed by atoms with Crippen LogP contribution in [0, 0.1) is 0 Å². The minimum Gasteiger partial charge on any atom is -0.484 e. The third-order valence-electron chi connectivity index (χ3n) is 4.79. The first kappa shape index (κ1) is 22.8. The number of anilines is 3. The summed E-state index contributed by atoms with van der Waals surface area (Å²) in [7, 11) is 1.88. The molecule has 0 aliphatic carbocycles. The van der Waals surface area contributed by atoms with E-state index >= 15 is 0 Å². The summed E-state index contributed by atoms with van der Waals surface area (Å²) in [5.41, 5.74) is 8.03. The summed E-state index contributed by atoms with van der Waals surface area (Å²) in [6, 6.07) is 15.3. The Morgan fingerprint density at radius 3 is 2.67 bits per heavy atom. The highest BCUT2D eigenvalue weighted by molar-refractivity contribution is 7.98. The molecule has 0 saturated heterocycles. The maximum atomic E-state index is 6.14. The number of nitrogens with two attached hydrogens (primary N) is 1. The Bertz CT molecular complexity index is 1250. The minimum atomic E-state index is 0.156. The zero-order valence-corrected chi connectivity index (χ0v) is 19.8. The van der Waals surface area contributed by atoms with Crippen molar-refractivity contribution < 1.29 is 4.74 Å². The number of benzene rings is 2. The molecular weight excluding hydrogens is 460 g/mol. The molecule has 0 fully saturated rings. The average Bonchev–Trinajstić information content (AvgIpc) is 3.16. The summed E-state index contributed by atoms with van der Waals surface area (Å²) in [5.74, 6) is 2.83. The van der Waals surface area contributed by atoms with E-state index in [0.29, 0.717) is 39.3 Å². The fraction of sp³-hybridized carbons (Fsp3) is 0.227. The lowest BCUT2D eigenvalue weighted by Gasteiger charge is -2.10. The van der Waals surface area contributed by atoms with E-state index in [2.05, 4.69) is 43.5 Å². The molecule has 9 nitrogen and oxygen atoms in total. The van der Waals surface area contributed by atoms with E-state index in [0.717, 1.165) is 17.7 Å². The van der Waals surface area contributed by atoms with Gasteiger partial charge in [0.2, 0.25) is 11.9 Å². The molecule has 0 bridgehead atoms. The van der Waals surface area contributed by atoms with Crippen molar-refractivity contribution in [2.75, 3.05) is 11.1 Å². The van der Waals surface area contributed by atoms with Gasteiger partial charge in [0, 0.05) is 12.7 Å². The number of rotatable bonds is 9. The Labute approximate surface area is 200 Å². The highest BCUT2D eigenvalue weighted by Crippen LogP contribution is 2.25. The van der Waals surface area contributed by atoms with E-state index in [-0.39, 0.29) is 12.6 Å². The summed E-state index contributed by atoms with van der Waals surface area (Å²) in [5, 5.41) is 13.0. The standard InChI is InChI=1S/C22H23ClN8OS/c1-3-14-8-4-6-10-16(14)25-21-27-18(26-20(24)28-21)13-33-22-30-29-19(31(22)2)12-32-17-11-7-5-9-15(17)23/h4-11H,3,12-13H2,1-2H3,(H3,24,25,26,27,28). The molecule has 0 aliphatic rings. The normalized spacial score (nSPS) is 10.9. The number of nitrogen functional groups attached to an aromatic ring is 1. The second kappa shape index (κ2) is 10.5. The van der Waals surface area contributed by atoms with Gasteiger partial charge in [-0.2, -0.15) is 15.0 Å². The molecule has 0 saturated carbocycles. The predicted octanol–water partition coefficient (Wildman–Crippen LogP) is 4.41. The molecular formula is C22H23ClN8OS. The van der Waals surface area contributed by atoms with Gasteiger partial charge in [-0.15, -0.1) is 10.2 Å². The van der Waals surface area contributed by atoms with Crippen LogP contribution in [0.4, 0.5) is 17.6 Å². The summed E-state index contributed by atoms with van der Waals surface area (Å²) in [4.78, 5) is 13.0. The van der Waals surface area contributed by atoms with E-state index in [4.69, 9.17) is 22.1 Å². The van der Waals surface area contributed by atoms with Crippen molar-refractivity contribution in [3.05, 3.63) is 70.8 Å². The number of aryl methyl sites for hydroxylation is 1. The first-order valence-corrected chi connectivity index (χ1v) is 11.6. The van der Waals surface area contributed by atoms with Gasteiger partial charge >= 0.3 is 0 Å². The van der Waals surface area contributed by atoms with Crippen molar-refractivity contribution in [1.29, 1.82) is 0 Å². The van der Waals surface area contributed by atoms with Gasteiger partial charge in [0.15, 0.2) is 11.0 Å². The lowest BCUT2D eigenvalue weighted by Crippen LogP contribution is -2.08. The van der Waals surface area contributed by atoms with Crippen molar-refractivity contribution in [3.8, 4) is 5.75 Å². The highest BCUT2D eigenvalue weighted by Gasteiger charge is 2.13. The molecule has 0 spiro atoms. The average molecular weight is 483 g/mol. The van der Waals surface area contributed by atoms with E-state index in [1.807, 2.05) is 48.0 Å². The van der Waals surface area contributed by atoms with Crippen LogP contribution < -0.4 is 15.8 Å². The van der Waals surface area contributed by atoms with E-state index in [1.54, 1.807) is 6.07 Å². The summed E-state index contributed by atoms with van der Waals surface area (Å²) in [6.45, 7) is 2.34. The van der Waals surface area contributed by atoms with Gasteiger partial charge in [0.05, 0.1) is 10.8 Å². The molecule has 0 aliphatic heterocycles. The SMILES string of the molecule is CCc1ccccc1Nc1nc(N)nc(CSc2nnc(COc3ccccc3Cl)n2C)n1. The van der Waals surface area contributed by atoms with Crippen LogP contribution in [0.2, 0.25) is 5.02 Å². The van der Waals surface area contributed by atoms with Crippen LogP contribution >= 0.6 is 23.4 Å². The Morgan fingerprint density at radius 2 is 1.85 bits per heavy atom. The molecule has 170 valence electrons. The Morgan fingerprint density at radius 1 is 1.06 bits per heavy atom. The van der Waals surface area contributed by atoms with Crippen LogP contribution in [0.15, 0.2) is 53.7 Å². The largest absolute Gasteiger partial charge is 0.484 e. The topological polar surface area (TPSA) is 117 Å². The molecule has 0 unspecified atom stereocenters. The van der Waals surface area contributed by atoms with Crippen molar-refractivity contribution >= 4 is 40.9 Å². The van der Waals surface area contributed by atoms with Crippen molar-refractivity contribution in [3.63, 3.8) is 0 Å². The number of nitrogens with one attached hydrogen (secondary N) is 1. The molecule has 4 aromatic rings. The molecule has 2 aromatic heterocycles. The van der Waals surface area contributed by atoms with Crippen LogP contribution in [0.3, 0.4) is 0 Å². The Balaban J connectivity index is 1.41. The van der Waals surface area contributed by atoms with Crippen LogP contribution in [-0.4, -0.2) is 29.7 Å². The molecule has 0 radical (unpaired) electrons. The van der Waals surface area contributed by atoms with Gasteiger partial charge in [0.25, 0.3) is 0 Å². The van der Waals surface area contributed by atoms with Gasteiger partial charge in [-0.05, 0) is 30.2 Å².